The van der Waals surface area contributed by atoms with Crippen LogP contribution >= 0.6 is 11.3 Å². The lowest BCUT2D eigenvalue weighted by molar-refractivity contribution is 0.247. The monoisotopic (exact) mass is 470 g/mol. The zero-order chi connectivity index (χ0) is 23.4. The SMILES string of the molecule is COc1cc(N2CCN(Cc3csc(-c4ccc(OC)c(OC)c4)n3)CC2)nc(N(C)C)n1. The molecule has 4 rings (SSSR count). The number of methoxy groups -OCH3 is 3. The Hall–Kier alpha value is -3.11. The van der Waals surface area contributed by atoms with Crippen LogP contribution in [0.5, 0.6) is 17.4 Å². The van der Waals surface area contributed by atoms with E-state index in [2.05, 4.69) is 25.1 Å². The molecule has 0 amide bonds. The first kappa shape index (κ1) is 23.1. The zero-order valence-electron chi connectivity index (χ0n) is 19.7. The largest absolute Gasteiger partial charge is 0.493 e. The molecule has 33 heavy (non-hydrogen) atoms. The molecule has 0 spiro atoms. The Morgan fingerprint density at radius 2 is 1.67 bits per heavy atom. The molecular formula is C23H30N6O3S. The zero-order valence-corrected chi connectivity index (χ0v) is 20.6. The minimum Gasteiger partial charge on any atom is -0.493 e. The van der Waals surface area contributed by atoms with Crippen LogP contribution in [0.1, 0.15) is 5.69 Å². The third-order valence-electron chi connectivity index (χ3n) is 5.55. The van der Waals surface area contributed by atoms with E-state index in [1.165, 1.54) is 0 Å². The molecule has 0 unspecified atom stereocenters. The molecule has 1 fully saturated rings. The van der Waals surface area contributed by atoms with Crippen molar-refractivity contribution in [3.63, 3.8) is 0 Å². The molecule has 176 valence electrons. The number of piperazine rings is 1. The minimum atomic E-state index is 0.580. The predicted molar refractivity (Wildman–Crippen MR) is 131 cm³/mol. The van der Waals surface area contributed by atoms with Crippen LogP contribution < -0.4 is 24.0 Å². The molecule has 1 saturated heterocycles. The first-order chi connectivity index (χ1) is 16.0. The molecule has 1 aliphatic rings. The van der Waals surface area contributed by atoms with Gasteiger partial charge in [0.25, 0.3) is 0 Å². The van der Waals surface area contributed by atoms with Crippen LogP contribution in [-0.2, 0) is 6.54 Å². The predicted octanol–water partition coefficient (Wildman–Crippen LogP) is 3.01. The first-order valence-corrected chi connectivity index (χ1v) is 11.6. The van der Waals surface area contributed by atoms with Crippen LogP contribution in [0.3, 0.4) is 0 Å². The average Bonchev–Trinajstić information content (AvgIpc) is 3.32. The van der Waals surface area contributed by atoms with E-state index in [1.54, 1.807) is 32.7 Å². The lowest BCUT2D eigenvalue weighted by atomic mass is 10.2. The molecule has 0 atom stereocenters. The van der Waals surface area contributed by atoms with Crippen molar-refractivity contribution in [3.8, 4) is 28.0 Å². The minimum absolute atomic E-state index is 0.580. The van der Waals surface area contributed by atoms with E-state index in [9.17, 15) is 0 Å². The molecule has 3 heterocycles. The molecule has 0 saturated carbocycles. The fourth-order valence-corrected chi connectivity index (χ4v) is 4.52. The number of nitrogens with zero attached hydrogens (tertiary/aromatic N) is 6. The molecule has 10 heteroatoms. The van der Waals surface area contributed by atoms with Crippen LogP contribution in [-0.4, -0.2) is 81.5 Å². The molecule has 3 aromatic rings. The molecule has 0 radical (unpaired) electrons. The highest BCUT2D eigenvalue weighted by Crippen LogP contribution is 2.33. The summed E-state index contributed by atoms with van der Waals surface area (Å²) in [6.45, 7) is 4.48. The standard InChI is InChI=1S/C23H30N6O3S/c1-27(2)23-25-20(13-21(26-23)32-5)29-10-8-28(9-11-29)14-17-15-33-22(24-17)16-6-7-18(30-3)19(12-16)31-4/h6-7,12-13,15H,8-11,14H2,1-5H3. The third-order valence-corrected chi connectivity index (χ3v) is 6.49. The highest BCUT2D eigenvalue weighted by atomic mass is 32.1. The smallest absolute Gasteiger partial charge is 0.230 e. The Balaban J connectivity index is 1.39. The molecule has 0 bridgehead atoms. The van der Waals surface area contributed by atoms with Crippen molar-refractivity contribution in [3.05, 3.63) is 35.3 Å². The molecule has 0 aliphatic carbocycles. The molecule has 2 aromatic heterocycles. The van der Waals surface area contributed by atoms with Gasteiger partial charge >= 0.3 is 0 Å². The Labute approximate surface area is 198 Å². The number of aromatic nitrogens is 3. The van der Waals surface area contributed by atoms with Gasteiger partial charge in [0, 0.05) is 63.8 Å². The number of hydrogen-bond acceptors (Lipinski definition) is 10. The molecule has 9 nitrogen and oxygen atoms in total. The number of thiazole rings is 1. The second-order valence-corrected chi connectivity index (χ2v) is 8.80. The van der Waals surface area contributed by atoms with Crippen molar-refractivity contribution in [2.24, 2.45) is 0 Å². The van der Waals surface area contributed by atoms with Crippen LogP contribution in [0.4, 0.5) is 11.8 Å². The summed E-state index contributed by atoms with van der Waals surface area (Å²) >= 11 is 1.65. The van der Waals surface area contributed by atoms with Gasteiger partial charge < -0.3 is 24.0 Å². The van der Waals surface area contributed by atoms with Crippen LogP contribution in [0.25, 0.3) is 10.6 Å². The first-order valence-electron chi connectivity index (χ1n) is 10.7. The third kappa shape index (κ3) is 5.28. The Morgan fingerprint density at radius 1 is 0.909 bits per heavy atom. The molecule has 0 N–H and O–H groups in total. The van der Waals surface area contributed by atoms with Crippen molar-refractivity contribution < 1.29 is 14.2 Å². The van der Waals surface area contributed by atoms with Gasteiger partial charge in [0.1, 0.15) is 10.8 Å². The van der Waals surface area contributed by atoms with Crippen LogP contribution in [0.2, 0.25) is 0 Å². The maximum absolute atomic E-state index is 5.43. The summed E-state index contributed by atoms with van der Waals surface area (Å²) in [6.07, 6.45) is 0. The van der Waals surface area contributed by atoms with Crippen molar-refractivity contribution in [2.75, 3.05) is 71.4 Å². The Morgan fingerprint density at radius 3 is 2.33 bits per heavy atom. The van der Waals surface area contributed by atoms with Gasteiger partial charge in [-0.05, 0) is 18.2 Å². The number of hydrogen-bond donors (Lipinski definition) is 0. The summed E-state index contributed by atoms with van der Waals surface area (Å²) in [7, 11) is 8.78. The summed E-state index contributed by atoms with van der Waals surface area (Å²) in [4.78, 5) is 20.5. The summed E-state index contributed by atoms with van der Waals surface area (Å²) in [5, 5.41) is 3.12. The van der Waals surface area contributed by atoms with E-state index in [-0.39, 0.29) is 0 Å². The van der Waals surface area contributed by atoms with Gasteiger partial charge in [-0.25, -0.2) is 4.98 Å². The second kappa shape index (κ2) is 10.2. The maximum Gasteiger partial charge on any atom is 0.230 e. The number of ether oxygens (including phenoxy) is 3. The Kier molecular flexibility index (Phi) is 7.14. The van der Waals surface area contributed by atoms with Crippen molar-refractivity contribution in [2.45, 2.75) is 6.54 Å². The van der Waals surface area contributed by atoms with Crippen molar-refractivity contribution in [1.82, 2.24) is 19.9 Å². The van der Waals surface area contributed by atoms with Crippen molar-refractivity contribution in [1.29, 1.82) is 0 Å². The van der Waals surface area contributed by atoms with Gasteiger partial charge in [-0.15, -0.1) is 11.3 Å². The van der Waals surface area contributed by atoms with E-state index in [4.69, 9.17) is 19.2 Å². The summed E-state index contributed by atoms with van der Waals surface area (Å²) < 4.78 is 16.1. The van der Waals surface area contributed by atoms with Gasteiger partial charge in [-0.2, -0.15) is 9.97 Å². The second-order valence-electron chi connectivity index (χ2n) is 7.94. The van der Waals surface area contributed by atoms with Gasteiger partial charge in [0.15, 0.2) is 11.5 Å². The molecule has 1 aromatic carbocycles. The fraction of sp³-hybridized carbons (Fsp3) is 0.435. The topological polar surface area (TPSA) is 76.1 Å². The van der Waals surface area contributed by atoms with Crippen LogP contribution in [0.15, 0.2) is 29.6 Å². The Bertz CT molecular complexity index is 1080. The van der Waals surface area contributed by atoms with E-state index < -0.39 is 0 Å². The average molecular weight is 471 g/mol. The number of benzene rings is 1. The van der Waals surface area contributed by atoms with E-state index in [0.717, 1.165) is 60.6 Å². The molecule has 1 aliphatic heterocycles. The normalized spacial score (nSPS) is 14.3. The molecular weight excluding hydrogens is 440 g/mol. The van der Waals surface area contributed by atoms with Gasteiger partial charge in [-0.1, -0.05) is 0 Å². The van der Waals surface area contributed by atoms with E-state index in [0.29, 0.717) is 17.6 Å². The van der Waals surface area contributed by atoms with E-state index in [1.807, 2.05) is 43.3 Å². The maximum atomic E-state index is 5.43. The summed E-state index contributed by atoms with van der Waals surface area (Å²) in [5.74, 6) is 3.55. The number of anilines is 2. The highest BCUT2D eigenvalue weighted by Gasteiger charge is 2.21. The van der Waals surface area contributed by atoms with Gasteiger partial charge in [0.05, 0.1) is 27.0 Å². The summed E-state index contributed by atoms with van der Waals surface area (Å²) in [6, 6.07) is 7.80. The highest BCUT2D eigenvalue weighted by molar-refractivity contribution is 7.13. The summed E-state index contributed by atoms with van der Waals surface area (Å²) in [5.41, 5.74) is 2.11. The quantitative estimate of drug-likeness (QED) is 0.494. The fourth-order valence-electron chi connectivity index (χ4n) is 3.71. The van der Waals surface area contributed by atoms with Crippen LogP contribution in [0, 0.1) is 0 Å². The van der Waals surface area contributed by atoms with Gasteiger partial charge in [0.2, 0.25) is 11.8 Å². The van der Waals surface area contributed by atoms with Crippen molar-refractivity contribution >= 4 is 23.1 Å². The lowest BCUT2D eigenvalue weighted by Crippen LogP contribution is -2.46. The van der Waals surface area contributed by atoms with Gasteiger partial charge in [-0.3, -0.25) is 4.90 Å². The van der Waals surface area contributed by atoms with E-state index >= 15 is 0 Å². The lowest BCUT2D eigenvalue weighted by Gasteiger charge is -2.35. The number of rotatable bonds is 8.